The molecule has 0 radical (unpaired) electrons. The number of carbonyl (C=O) groups excluding carboxylic acids is 1. The molecule has 0 heterocycles. The van der Waals surface area contributed by atoms with Crippen molar-refractivity contribution in [1.82, 2.24) is 0 Å². The van der Waals surface area contributed by atoms with Gasteiger partial charge in [-0.3, -0.25) is 4.79 Å². The minimum atomic E-state index is -0.221. The van der Waals surface area contributed by atoms with Gasteiger partial charge in [-0.2, -0.15) is 0 Å². The Labute approximate surface area is 78.6 Å². The van der Waals surface area contributed by atoms with Gasteiger partial charge in [-0.15, -0.1) is 0 Å². The fourth-order valence-corrected chi connectivity index (χ4v) is 1.81. The largest absolute Gasteiger partial charge is 0.462 e. The van der Waals surface area contributed by atoms with Gasteiger partial charge in [0, 0.05) is 5.54 Å². The maximum atomic E-state index is 11.4. The van der Waals surface area contributed by atoms with E-state index in [-0.39, 0.29) is 17.6 Å². The van der Waals surface area contributed by atoms with E-state index in [4.69, 9.17) is 10.5 Å². The molecule has 13 heavy (non-hydrogen) atoms. The van der Waals surface area contributed by atoms with Gasteiger partial charge in [-0.1, -0.05) is 0 Å². The molecular formula is C10H17NO2. The van der Waals surface area contributed by atoms with E-state index in [1.165, 1.54) is 6.42 Å². The van der Waals surface area contributed by atoms with Crippen molar-refractivity contribution in [2.75, 3.05) is 0 Å². The predicted octanol–water partition coefficient (Wildman–Crippen LogP) is 1.35. The molecule has 0 aromatic heterocycles. The third kappa shape index (κ3) is 2.02. The van der Waals surface area contributed by atoms with E-state index < -0.39 is 0 Å². The monoisotopic (exact) mass is 183 g/mol. The molecular weight excluding hydrogens is 166 g/mol. The van der Waals surface area contributed by atoms with Crippen molar-refractivity contribution in [3.05, 3.63) is 0 Å². The first-order valence-electron chi connectivity index (χ1n) is 5.16. The highest BCUT2D eigenvalue weighted by molar-refractivity contribution is 5.71. The average molecular weight is 183 g/mol. The molecule has 2 rings (SSSR count). The Morgan fingerprint density at radius 3 is 2.46 bits per heavy atom. The molecule has 0 spiro atoms. The Bertz CT molecular complexity index is 207. The lowest BCUT2D eigenvalue weighted by molar-refractivity contribution is -0.155. The van der Waals surface area contributed by atoms with Crippen LogP contribution in [0.5, 0.6) is 0 Å². The molecule has 0 atom stereocenters. The van der Waals surface area contributed by atoms with Crippen LogP contribution in [0.3, 0.4) is 0 Å². The van der Waals surface area contributed by atoms with Crippen LogP contribution in [0.4, 0.5) is 0 Å². The molecule has 3 nitrogen and oxygen atoms in total. The Hall–Kier alpha value is -0.570. The molecule has 2 aliphatic rings. The highest BCUT2D eigenvalue weighted by atomic mass is 16.5. The van der Waals surface area contributed by atoms with Gasteiger partial charge in [0.2, 0.25) is 0 Å². The molecule has 74 valence electrons. The van der Waals surface area contributed by atoms with Gasteiger partial charge in [-0.25, -0.2) is 0 Å². The number of nitrogens with two attached hydrogens (primary N) is 1. The minimum Gasteiger partial charge on any atom is -0.462 e. The second-order valence-electron chi connectivity index (χ2n) is 4.44. The number of carbonyl (C=O) groups is 1. The van der Waals surface area contributed by atoms with Crippen molar-refractivity contribution in [3.8, 4) is 0 Å². The Kier molecular flexibility index (Phi) is 2.28. The van der Waals surface area contributed by atoms with E-state index in [1.807, 2.05) is 0 Å². The van der Waals surface area contributed by atoms with Crippen LogP contribution in [0.15, 0.2) is 0 Å². The van der Waals surface area contributed by atoms with E-state index in [0.717, 1.165) is 32.1 Å². The first-order valence-corrected chi connectivity index (χ1v) is 5.16. The van der Waals surface area contributed by atoms with Crippen molar-refractivity contribution in [1.29, 1.82) is 0 Å². The van der Waals surface area contributed by atoms with Crippen molar-refractivity contribution in [3.63, 3.8) is 0 Å². The molecule has 2 saturated carbocycles. The number of ether oxygens (including phenoxy) is 1. The van der Waals surface area contributed by atoms with Gasteiger partial charge < -0.3 is 10.5 Å². The van der Waals surface area contributed by atoms with Crippen LogP contribution in [0.2, 0.25) is 0 Å². The quantitative estimate of drug-likeness (QED) is 0.672. The van der Waals surface area contributed by atoms with Crippen LogP contribution >= 0.6 is 0 Å². The fourth-order valence-electron chi connectivity index (χ4n) is 1.81. The molecule has 2 fully saturated rings. The van der Waals surface area contributed by atoms with E-state index in [9.17, 15) is 4.79 Å². The molecule has 0 aromatic rings. The van der Waals surface area contributed by atoms with E-state index in [1.54, 1.807) is 0 Å². The molecule has 2 N–H and O–H groups in total. The maximum Gasteiger partial charge on any atom is 0.307 e. The summed E-state index contributed by atoms with van der Waals surface area (Å²) < 4.78 is 5.24. The fraction of sp³-hybridized carbons (Fsp3) is 0.900. The van der Waals surface area contributed by atoms with Crippen molar-refractivity contribution >= 4 is 5.97 Å². The van der Waals surface area contributed by atoms with Crippen LogP contribution < -0.4 is 5.73 Å². The van der Waals surface area contributed by atoms with Gasteiger partial charge >= 0.3 is 5.97 Å². The second-order valence-corrected chi connectivity index (χ2v) is 4.44. The average Bonchev–Trinajstić information content (AvgIpc) is 1.94. The zero-order chi connectivity index (χ0) is 9.31. The zero-order valence-electron chi connectivity index (χ0n) is 7.92. The summed E-state index contributed by atoms with van der Waals surface area (Å²) in [5, 5.41) is 0. The van der Waals surface area contributed by atoms with E-state index in [0.29, 0.717) is 6.42 Å². The molecule has 0 amide bonds. The summed E-state index contributed by atoms with van der Waals surface area (Å²) in [7, 11) is 0. The topological polar surface area (TPSA) is 52.3 Å². The van der Waals surface area contributed by atoms with Crippen molar-refractivity contribution in [2.45, 2.75) is 56.6 Å². The van der Waals surface area contributed by atoms with Gasteiger partial charge in [0.1, 0.15) is 6.10 Å². The highest BCUT2D eigenvalue weighted by Crippen LogP contribution is 2.33. The lowest BCUT2D eigenvalue weighted by atomic mass is 9.75. The van der Waals surface area contributed by atoms with Gasteiger partial charge in [-0.05, 0) is 38.5 Å². The van der Waals surface area contributed by atoms with Crippen LogP contribution in [-0.2, 0) is 9.53 Å². The van der Waals surface area contributed by atoms with Gasteiger partial charge in [0.25, 0.3) is 0 Å². The molecule has 0 aromatic carbocycles. The minimum absolute atomic E-state index is 0.0908. The van der Waals surface area contributed by atoms with Gasteiger partial charge in [0.05, 0.1) is 6.42 Å². The summed E-state index contributed by atoms with van der Waals surface area (Å²) in [6, 6.07) is 0. The SMILES string of the molecule is NC1(CC(=O)OC2CCC2)CCC1. The number of esters is 1. The van der Waals surface area contributed by atoms with Crippen LogP contribution in [0, 0.1) is 0 Å². The number of rotatable bonds is 3. The Balaban J connectivity index is 1.71. The van der Waals surface area contributed by atoms with E-state index >= 15 is 0 Å². The molecule has 0 aliphatic heterocycles. The molecule has 2 aliphatic carbocycles. The molecule has 0 unspecified atom stereocenters. The predicted molar refractivity (Wildman–Crippen MR) is 49.1 cm³/mol. The smallest absolute Gasteiger partial charge is 0.307 e. The normalized spacial score (nSPS) is 25.9. The van der Waals surface area contributed by atoms with Crippen LogP contribution in [0.25, 0.3) is 0 Å². The second kappa shape index (κ2) is 3.29. The molecule has 3 heteroatoms. The van der Waals surface area contributed by atoms with Crippen molar-refractivity contribution < 1.29 is 9.53 Å². The standard InChI is InChI=1S/C10H17NO2/c11-10(5-2-6-10)7-9(12)13-8-3-1-4-8/h8H,1-7,11H2. The maximum absolute atomic E-state index is 11.4. The Morgan fingerprint density at radius 1 is 1.38 bits per heavy atom. The lowest BCUT2D eigenvalue weighted by Crippen LogP contribution is -2.48. The zero-order valence-corrected chi connectivity index (χ0v) is 7.92. The highest BCUT2D eigenvalue weighted by Gasteiger charge is 2.36. The summed E-state index contributed by atoms with van der Waals surface area (Å²) in [6.07, 6.45) is 7.03. The third-order valence-electron chi connectivity index (χ3n) is 3.20. The Morgan fingerprint density at radius 2 is 2.08 bits per heavy atom. The summed E-state index contributed by atoms with van der Waals surface area (Å²) in [5.74, 6) is -0.0908. The summed E-state index contributed by atoms with van der Waals surface area (Å²) >= 11 is 0. The van der Waals surface area contributed by atoms with Crippen molar-refractivity contribution in [2.24, 2.45) is 5.73 Å². The number of hydrogen-bond donors (Lipinski definition) is 1. The third-order valence-corrected chi connectivity index (χ3v) is 3.20. The van der Waals surface area contributed by atoms with Gasteiger partial charge in [0.15, 0.2) is 0 Å². The number of hydrogen-bond acceptors (Lipinski definition) is 3. The molecule has 0 bridgehead atoms. The van der Waals surface area contributed by atoms with E-state index in [2.05, 4.69) is 0 Å². The first kappa shape index (κ1) is 9.00. The summed E-state index contributed by atoms with van der Waals surface area (Å²) in [4.78, 5) is 11.4. The van der Waals surface area contributed by atoms with Crippen LogP contribution in [0.1, 0.15) is 44.9 Å². The molecule has 0 saturated heterocycles. The first-order chi connectivity index (χ1) is 6.18. The van der Waals surface area contributed by atoms with Crippen LogP contribution in [-0.4, -0.2) is 17.6 Å². The summed E-state index contributed by atoms with van der Waals surface area (Å²) in [5.41, 5.74) is 5.72. The summed E-state index contributed by atoms with van der Waals surface area (Å²) in [6.45, 7) is 0. The lowest BCUT2D eigenvalue weighted by Gasteiger charge is -2.37.